The molecular weight excluding hydrogens is 270 g/mol. The normalized spacial score (nSPS) is 17.9. The van der Waals surface area contributed by atoms with Gasteiger partial charge < -0.3 is 9.88 Å². The summed E-state index contributed by atoms with van der Waals surface area (Å²) in [5.41, 5.74) is 2.88. The first-order valence-electron chi connectivity index (χ1n) is 8.80. The van der Waals surface area contributed by atoms with Crippen LogP contribution in [0.1, 0.15) is 44.2 Å². The zero-order valence-electron chi connectivity index (χ0n) is 14.0. The number of aryl methyl sites for hydroxylation is 1. The third kappa shape index (κ3) is 3.21. The predicted molar refractivity (Wildman–Crippen MR) is 94.2 cm³/mol. The molecule has 120 valence electrons. The fourth-order valence-corrected chi connectivity index (χ4v) is 3.75. The van der Waals surface area contributed by atoms with Crippen molar-refractivity contribution < 1.29 is 0 Å². The van der Waals surface area contributed by atoms with Crippen molar-refractivity contribution in [1.82, 2.24) is 14.8 Å². The predicted octanol–water partition coefficient (Wildman–Crippen LogP) is 3.70. The Balaban J connectivity index is 1.91. The number of para-hydroxylation sites is 1. The molecule has 2 heterocycles. The van der Waals surface area contributed by atoms with Crippen LogP contribution in [0, 0.1) is 0 Å². The van der Waals surface area contributed by atoms with Crippen LogP contribution in [0.3, 0.4) is 0 Å². The van der Waals surface area contributed by atoms with Gasteiger partial charge in [0.2, 0.25) is 0 Å². The van der Waals surface area contributed by atoms with Crippen molar-refractivity contribution >= 4 is 10.9 Å². The lowest BCUT2D eigenvalue weighted by molar-refractivity contribution is 0.163. The molecule has 0 spiro atoms. The SMILES string of the molecule is CCCCC[C@H](c1cn(C)c2ccccc12)N1CCNCC1. The van der Waals surface area contributed by atoms with Crippen LogP contribution in [0.4, 0.5) is 0 Å². The van der Waals surface area contributed by atoms with Crippen LogP contribution in [0.5, 0.6) is 0 Å². The molecule has 22 heavy (non-hydrogen) atoms. The summed E-state index contributed by atoms with van der Waals surface area (Å²) in [6.45, 7) is 6.86. The van der Waals surface area contributed by atoms with Crippen molar-refractivity contribution in [3.8, 4) is 0 Å². The van der Waals surface area contributed by atoms with E-state index in [1.807, 2.05) is 0 Å². The van der Waals surface area contributed by atoms with Crippen molar-refractivity contribution in [3.63, 3.8) is 0 Å². The van der Waals surface area contributed by atoms with Crippen LogP contribution in [-0.2, 0) is 7.05 Å². The van der Waals surface area contributed by atoms with E-state index in [-0.39, 0.29) is 0 Å². The number of nitrogens with zero attached hydrogens (tertiary/aromatic N) is 2. The second-order valence-electron chi connectivity index (χ2n) is 6.51. The molecule has 0 unspecified atom stereocenters. The van der Waals surface area contributed by atoms with Gasteiger partial charge in [-0.25, -0.2) is 0 Å². The van der Waals surface area contributed by atoms with Crippen LogP contribution in [0.2, 0.25) is 0 Å². The van der Waals surface area contributed by atoms with Gasteiger partial charge in [0.1, 0.15) is 0 Å². The maximum Gasteiger partial charge on any atom is 0.0481 e. The fourth-order valence-electron chi connectivity index (χ4n) is 3.75. The molecule has 1 N–H and O–H groups in total. The molecule has 1 aromatic heterocycles. The van der Waals surface area contributed by atoms with Crippen molar-refractivity contribution in [2.24, 2.45) is 7.05 Å². The smallest absolute Gasteiger partial charge is 0.0481 e. The molecule has 1 aromatic carbocycles. The molecule has 1 aliphatic heterocycles. The lowest BCUT2D eigenvalue weighted by Crippen LogP contribution is -2.45. The number of fused-ring (bicyclic) bond motifs is 1. The van der Waals surface area contributed by atoms with E-state index in [9.17, 15) is 0 Å². The molecule has 3 nitrogen and oxygen atoms in total. The molecule has 3 rings (SSSR count). The van der Waals surface area contributed by atoms with Crippen LogP contribution < -0.4 is 5.32 Å². The Hall–Kier alpha value is -1.32. The van der Waals surface area contributed by atoms with Crippen molar-refractivity contribution in [2.45, 2.75) is 38.6 Å². The van der Waals surface area contributed by atoms with Crippen LogP contribution >= 0.6 is 0 Å². The summed E-state index contributed by atoms with van der Waals surface area (Å²) in [6.07, 6.45) is 7.61. The Morgan fingerprint density at radius 2 is 1.91 bits per heavy atom. The lowest BCUT2D eigenvalue weighted by Gasteiger charge is -2.35. The lowest BCUT2D eigenvalue weighted by atomic mass is 9.97. The zero-order chi connectivity index (χ0) is 15.4. The first-order valence-corrected chi connectivity index (χ1v) is 8.80. The molecule has 0 aliphatic carbocycles. The minimum absolute atomic E-state index is 0.569. The molecule has 3 heteroatoms. The van der Waals surface area contributed by atoms with Crippen molar-refractivity contribution in [2.75, 3.05) is 26.2 Å². The fraction of sp³-hybridized carbons (Fsp3) is 0.579. The molecule has 1 atom stereocenters. The number of benzene rings is 1. The Morgan fingerprint density at radius 1 is 1.14 bits per heavy atom. The molecular formula is C19H29N3. The summed E-state index contributed by atoms with van der Waals surface area (Å²) in [5.74, 6) is 0. The highest BCUT2D eigenvalue weighted by molar-refractivity contribution is 5.84. The number of nitrogens with one attached hydrogen (secondary N) is 1. The van der Waals surface area contributed by atoms with E-state index in [1.165, 1.54) is 55.2 Å². The summed E-state index contributed by atoms with van der Waals surface area (Å²) in [4.78, 5) is 2.69. The highest BCUT2D eigenvalue weighted by Gasteiger charge is 2.24. The Labute approximate surface area is 134 Å². The number of piperazine rings is 1. The summed E-state index contributed by atoms with van der Waals surface area (Å²) < 4.78 is 2.29. The molecule has 0 radical (unpaired) electrons. The summed E-state index contributed by atoms with van der Waals surface area (Å²) >= 11 is 0. The van der Waals surface area contributed by atoms with Crippen LogP contribution in [0.15, 0.2) is 30.5 Å². The number of unbranched alkanes of at least 4 members (excludes halogenated alkanes) is 2. The summed E-state index contributed by atoms with van der Waals surface area (Å²) in [5, 5.41) is 4.92. The van der Waals surface area contributed by atoms with Gasteiger partial charge in [0.25, 0.3) is 0 Å². The maximum atomic E-state index is 3.48. The van der Waals surface area contributed by atoms with E-state index in [4.69, 9.17) is 0 Å². The highest BCUT2D eigenvalue weighted by Crippen LogP contribution is 2.33. The van der Waals surface area contributed by atoms with Gasteiger partial charge in [-0.3, -0.25) is 4.90 Å². The third-order valence-electron chi connectivity index (χ3n) is 4.96. The van der Waals surface area contributed by atoms with Gasteiger partial charge >= 0.3 is 0 Å². The largest absolute Gasteiger partial charge is 0.350 e. The van der Waals surface area contributed by atoms with Crippen LogP contribution in [0.25, 0.3) is 10.9 Å². The standard InChI is InChI=1S/C19H29N3/c1-3-4-5-10-19(22-13-11-20-12-14-22)17-15-21(2)18-9-7-6-8-16(17)18/h6-9,15,19-20H,3-5,10-14H2,1-2H3/t19-/m1/s1. The van der Waals surface area contributed by atoms with Crippen molar-refractivity contribution in [3.05, 3.63) is 36.0 Å². The minimum Gasteiger partial charge on any atom is -0.350 e. The minimum atomic E-state index is 0.569. The van der Waals surface area contributed by atoms with E-state index in [0.29, 0.717) is 6.04 Å². The monoisotopic (exact) mass is 299 g/mol. The first kappa shape index (κ1) is 15.6. The second-order valence-corrected chi connectivity index (χ2v) is 6.51. The number of hydrogen-bond donors (Lipinski definition) is 1. The maximum absolute atomic E-state index is 3.48. The third-order valence-corrected chi connectivity index (χ3v) is 4.96. The zero-order valence-corrected chi connectivity index (χ0v) is 14.0. The topological polar surface area (TPSA) is 20.2 Å². The van der Waals surface area contributed by atoms with E-state index >= 15 is 0 Å². The first-order chi connectivity index (χ1) is 10.8. The second kappa shape index (κ2) is 7.30. The highest BCUT2D eigenvalue weighted by atomic mass is 15.2. The molecule has 1 saturated heterocycles. The molecule has 0 amide bonds. The summed E-state index contributed by atoms with van der Waals surface area (Å²) in [7, 11) is 2.17. The van der Waals surface area contributed by atoms with E-state index in [0.717, 1.165) is 13.1 Å². The number of hydrogen-bond acceptors (Lipinski definition) is 2. The van der Waals surface area contributed by atoms with Gasteiger partial charge in [0.05, 0.1) is 0 Å². The van der Waals surface area contributed by atoms with E-state index in [2.05, 4.69) is 59.2 Å². The van der Waals surface area contributed by atoms with Gasteiger partial charge in [-0.15, -0.1) is 0 Å². The van der Waals surface area contributed by atoms with Gasteiger partial charge in [0.15, 0.2) is 0 Å². The molecule has 0 saturated carbocycles. The van der Waals surface area contributed by atoms with Crippen LogP contribution in [-0.4, -0.2) is 35.6 Å². The van der Waals surface area contributed by atoms with Gasteiger partial charge in [0, 0.05) is 56.4 Å². The van der Waals surface area contributed by atoms with E-state index < -0.39 is 0 Å². The Kier molecular flexibility index (Phi) is 5.16. The molecule has 1 aliphatic rings. The Morgan fingerprint density at radius 3 is 2.68 bits per heavy atom. The quantitative estimate of drug-likeness (QED) is 0.821. The van der Waals surface area contributed by atoms with E-state index in [1.54, 1.807) is 0 Å². The van der Waals surface area contributed by atoms with Gasteiger partial charge in [-0.2, -0.15) is 0 Å². The number of rotatable bonds is 6. The molecule has 0 bridgehead atoms. The van der Waals surface area contributed by atoms with Gasteiger partial charge in [-0.1, -0.05) is 44.4 Å². The summed E-state index contributed by atoms with van der Waals surface area (Å²) in [6, 6.07) is 9.41. The number of aromatic nitrogens is 1. The van der Waals surface area contributed by atoms with Crippen molar-refractivity contribution in [1.29, 1.82) is 0 Å². The Bertz CT molecular complexity index is 596. The molecule has 1 fully saturated rings. The average Bonchev–Trinajstić information content (AvgIpc) is 2.90. The van der Waals surface area contributed by atoms with Gasteiger partial charge in [-0.05, 0) is 18.1 Å². The average molecular weight is 299 g/mol. The molecule has 2 aromatic rings.